The molecule has 102 valence electrons. The van der Waals surface area contributed by atoms with Crippen molar-refractivity contribution in [1.29, 1.82) is 0 Å². The molecule has 2 aromatic heterocycles. The van der Waals surface area contributed by atoms with E-state index in [1.54, 1.807) is 22.3 Å². The number of hydrogen-bond acceptors (Lipinski definition) is 5. The first kappa shape index (κ1) is 13.2. The molecule has 0 saturated carbocycles. The third-order valence-corrected chi connectivity index (χ3v) is 3.79. The van der Waals surface area contributed by atoms with Crippen LogP contribution in [0, 0.1) is 0 Å². The van der Waals surface area contributed by atoms with Crippen LogP contribution in [-0.4, -0.2) is 19.9 Å². The second-order valence-corrected chi connectivity index (χ2v) is 5.55. The number of benzene rings is 1. The normalized spacial score (nSPS) is 11.1. The molecule has 20 heavy (non-hydrogen) atoms. The van der Waals surface area contributed by atoms with Crippen molar-refractivity contribution in [2.24, 2.45) is 0 Å². The smallest absolute Gasteiger partial charge is 0.350 e. The Kier molecular flexibility index (Phi) is 3.50. The fourth-order valence-electron chi connectivity index (χ4n) is 1.80. The maximum atomic E-state index is 12.0. The molecule has 0 saturated heterocycles. The fraction of sp³-hybridized carbons (Fsp3) is 0.154. The van der Waals surface area contributed by atoms with Gasteiger partial charge in [-0.25, -0.2) is 4.79 Å². The Hall–Kier alpha value is -1.79. The van der Waals surface area contributed by atoms with Crippen molar-refractivity contribution in [3.63, 3.8) is 0 Å². The maximum absolute atomic E-state index is 12.0. The first-order valence-electron chi connectivity index (χ1n) is 5.97. The zero-order valence-corrected chi connectivity index (χ0v) is 12.1. The van der Waals surface area contributed by atoms with Gasteiger partial charge in [0.15, 0.2) is 5.65 Å². The minimum atomic E-state index is -0.465. The van der Waals surface area contributed by atoms with Crippen LogP contribution in [0.3, 0.4) is 0 Å². The molecule has 0 radical (unpaired) electrons. The van der Waals surface area contributed by atoms with E-state index in [9.17, 15) is 4.79 Å². The van der Waals surface area contributed by atoms with Gasteiger partial charge in [-0.2, -0.15) is 14.2 Å². The first-order valence-corrected chi connectivity index (χ1v) is 7.30. The largest absolute Gasteiger partial charge is 0.403 e. The Labute approximate surface area is 123 Å². The minimum absolute atomic E-state index is 0.201. The van der Waals surface area contributed by atoms with Crippen LogP contribution in [0.15, 0.2) is 39.7 Å². The van der Waals surface area contributed by atoms with Gasteiger partial charge in [0, 0.05) is 5.75 Å². The average Bonchev–Trinajstić information content (AvgIpc) is 2.84. The van der Waals surface area contributed by atoms with Crippen LogP contribution in [0.25, 0.3) is 22.5 Å². The fourth-order valence-corrected chi connectivity index (χ4v) is 2.64. The topological polar surface area (TPSA) is 60.9 Å². The summed E-state index contributed by atoms with van der Waals surface area (Å²) >= 11 is 7.57. The molecule has 0 aliphatic rings. The van der Waals surface area contributed by atoms with Crippen molar-refractivity contribution >= 4 is 34.6 Å². The van der Waals surface area contributed by atoms with Crippen molar-refractivity contribution < 1.29 is 4.42 Å². The summed E-state index contributed by atoms with van der Waals surface area (Å²) in [5, 5.41) is 4.97. The summed E-state index contributed by atoms with van der Waals surface area (Å²) in [7, 11) is 0. The lowest BCUT2D eigenvalue weighted by Crippen LogP contribution is -2.03. The van der Waals surface area contributed by atoms with E-state index in [4.69, 9.17) is 16.0 Å². The van der Waals surface area contributed by atoms with Crippen LogP contribution in [0.4, 0.5) is 0 Å². The molecule has 3 rings (SSSR count). The molecule has 0 bridgehead atoms. The van der Waals surface area contributed by atoms with Gasteiger partial charge in [0.1, 0.15) is 5.39 Å². The van der Waals surface area contributed by atoms with E-state index in [1.807, 2.05) is 13.0 Å². The molecule has 0 atom stereocenters. The average molecular weight is 308 g/mol. The number of fused-ring (bicyclic) bond motifs is 1. The van der Waals surface area contributed by atoms with Crippen molar-refractivity contribution in [2.45, 2.75) is 6.92 Å². The number of hydrogen-bond donors (Lipinski definition) is 0. The molecule has 0 N–H and O–H groups in total. The molecule has 0 amide bonds. The highest BCUT2D eigenvalue weighted by atomic mass is 35.5. The predicted molar refractivity (Wildman–Crippen MR) is 80.0 cm³/mol. The van der Waals surface area contributed by atoms with Crippen LogP contribution >= 0.6 is 23.5 Å². The minimum Gasteiger partial charge on any atom is -0.403 e. The molecule has 0 aliphatic carbocycles. The lowest BCUT2D eigenvalue weighted by Gasteiger charge is -2.03. The summed E-state index contributed by atoms with van der Waals surface area (Å²) in [5.74, 6) is 1.02. The monoisotopic (exact) mass is 307 g/mol. The Balaban J connectivity index is 2.25. The van der Waals surface area contributed by atoms with E-state index in [2.05, 4.69) is 10.1 Å². The molecular formula is C13H10ClN3O2S. The molecule has 0 aliphatic heterocycles. The zero-order chi connectivity index (χ0) is 14.1. The summed E-state index contributed by atoms with van der Waals surface area (Å²) in [5.41, 5.74) is 0.610. The Bertz CT molecular complexity index is 828. The molecule has 7 heteroatoms. The molecule has 3 aromatic rings. The molecule has 0 fully saturated rings. The SMILES string of the molecule is CCSn1ncc2c(=O)oc(-c3ccccc3Cl)nc21. The van der Waals surface area contributed by atoms with E-state index in [0.717, 1.165) is 5.75 Å². The van der Waals surface area contributed by atoms with E-state index >= 15 is 0 Å². The standard InChI is InChI=1S/C13H10ClN3O2S/c1-2-20-17-11-9(7-15-17)13(18)19-12(16-11)8-5-3-4-6-10(8)14/h3-7H,2H2,1H3. The summed E-state index contributed by atoms with van der Waals surface area (Å²) in [6, 6.07) is 7.10. The first-order chi connectivity index (χ1) is 9.70. The number of nitrogens with zero attached hydrogens (tertiary/aromatic N) is 3. The van der Waals surface area contributed by atoms with Gasteiger partial charge in [-0.15, -0.1) is 0 Å². The molecule has 2 heterocycles. The van der Waals surface area contributed by atoms with Gasteiger partial charge >= 0.3 is 5.63 Å². The second kappa shape index (κ2) is 5.30. The number of rotatable bonds is 3. The highest BCUT2D eigenvalue weighted by Gasteiger charge is 2.14. The lowest BCUT2D eigenvalue weighted by molar-refractivity contribution is 0.518. The van der Waals surface area contributed by atoms with Gasteiger partial charge < -0.3 is 4.42 Å². The van der Waals surface area contributed by atoms with Crippen LogP contribution < -0.4 is 5.63 Å². The Morgan fingerprint density at radius 2 is 2.20 bits per heavy atom. The van der Waals surface area contributed by atoms with Crippen LogP contribution in [0.1, 0.15) is 6.92 Å². The van der Waals surface area contributed by atoms with Gasteiger partial charge in [0.2, 0.25) is 5.89 Å². The summed E-state index contributed by atoms with van der Waals surface area (Å²) in [4.78, 5) is 16.4. The van der Waals surface area contributed by atoms with Crippen LogP contribution in [-0.2, 0) is 0 Å². The number of halogens is 1. The van der Waals surface area contributed by atoms with Gasteiger partial charge in [-0.3, -0.25) is 0 Å². The van der Waals surface area contributed by atoms with Crippen LogP contribution in [0.2, 0.25) is 5.02 Å². The van der Waals surface area contributed by atoms with E-state index in [-0.39, 0.29) is 5.89 Å². The van der Waals surface area contributed by atoms with Crippen molar-refractivity contribution in [2.75, 3.05) is 5.75 Å². The Morgan fingerprint density at radius 3 is 2.95 bits per heavy atom. The van der Waals surface area contributed by atoms with Gasteiger partial charge in [0.25, 0.3) is 0 Å². The lowest BCUT2D eigenvalue weighted by atomic mass is 10.2. The summed E-state index contributed by atoms with van der Waals surface area (Å²) < 4.78 is 6.85. The molecular weight excluding hydrogens is 298 g/mol. The quantitative estimate of drug-likeness (QED) is 0.743. The second-order valence-electron chi connectivity index (χ2n) is 3.96. The number of aromatic nitrogens is 3. The van der Waals surface area contributed by atoms with Crippen molar-refractivity contribution in [3.8, 4) is 11.5 Å². The molecule has 0 unspecified atom stereocenters. The van der Waals surface area contributed by atoms with E-state index in [0.29, 0.717) is 21.6 Å². The summed E-state index contributed by atoms with van der Waals surface area (Å²) in [6.45, 7) is 2.00. The Morgan fingerprint density at radius 1 is 1.40 bits per heavy atom. The highest BCUT2D eigenvalue weighted by Crippen LogP contribution is 2.26. The third kappa shape index (κ3) is 2.21. The van der Waals surface area contributed by atoms with Gasteiger partial charge in [-0.05, 0) is 24.1 Å². The summed E-state index contributed by atoms with van der Waals surface area (Å²) in [6.07, 6.45) is 1.47. The molecule has 1 aromatic carbocycles. The third-order valence-electron chi connectivity index (χ3n) is 2.69. The van der Waals surface area contributed by atoms with E-state index < -0.39 is 5.63 Å². The highest BCUT2D eigenvalue weighted by molar-refractivity contribution is 7.97. The van der Waals surface area contributed by atoms with E-state index in [1.165, 1.54) is 18.1 Å². The van der Waals surface area contributed by atoms with Crippen molar-refractivity contribution in [1.82, 2.24) is 14.2 Å². The van der Waals surface area contributed by atoms with Crippen LogP contribution in [0.5, 0.6) is 0 Å². The van der Waals surface area contributed by atoms with Gasteiger partial charge in [0.05, 0.1) is 16.8 Å². The zero-order valence-electron chi connectivity index (χ0n) is 10.5. The van der Waals surface area contributed by atoms with Crippen molar-refractivity contribution in [3.05, 3.63) is 45.9 Å². The predicted octanol–water partition coefficient (Wildman–Crippen LogP) is 3.22. The molecule has 5 nitrogen and oxygen atoms in total. The van der Waals surface area contributed by atoms with Gasteiger partial charge in [-0.1, -0.05) is 30.7 Å². The maximum Gasteiger partial charge on any atom is 0.350 e. The molecule has 0 spiro atoms.